The van der Waals surface area contributed by atoms with Crippen LogP contribution in [0.5, 0.6) is 0 Å². The minimum Gasteiger partial charge on any atom is -0.481 e. The highest BCUT2D eigenvalue weighted by molar-refractivity contribution is 5.85. The standard InChI is InChI=1S/C11H15NO2.ClH/c1-8-2-4-9(5-3-8)10(12)6-7-11(13)14;/h2-5,10H,6-7,12H2,1H3,(H,13,14);1H. The number of carboxylic acid groups (broad SMARTS) is 1. The number of aliphatic carboxylic acids is 1. The summed E-state index contributed by atoms with van der Waals surface area (Å²) < 4.78 is 0. The van der Waals surface area contributed by atoms with Crippen molar-refractivity contribution in [3.05, 3.63) is 35.4 Å². The van der Waals surface area contributed by atoms with Gasteiger partial charge in [-0.3, -0.25) is 4.79 Å². The normalized spacial score (nSPS) is 11.6. The lowest BCUT2D eigenvalue weighted by molar-refractivity contribution is -0.137. The zero-order valence-electron chi connectivity index (χ0n) is 8.64. The third kappa shape index (κ3) is 4.81. The molecule has 84 valence electrons. The summed E-state index contributed by atoms with van der Waals surface area (Å²) in [5, 5.41) is 8.50. The second-order valence-electron chi connectivity index (χ2n) is 3.45. The molecule has 0 aliphatic rings. The first-order chi connectivity index (χ1) is 6.59. The SMILES string of the molecule is Cc1ccc(C(N)CCC(=O)O)cc1.Cl. The topological polar surface area (TPSA) is 63.3 Å². The summed E-state index contributed by atoms with van der Waals surface area (Å²) >= 11 is 0. The Labute approximate surface area is 95.7 Å². The largest absolute Gasteiger partial charge is 0.481 e. The Morgan fingerprint density at radius 1 is 1.40 bits per heavy atom. The summed E-state index contributed by atoms with van der Waals surface area (Å²) in [6, 6.07) is 7.68. The number of carboxylic acids is 1. The molecular formula is C11H16ClNO2. The zero-order valence-corrected chi connectivity index (χ0v) is 9.46. The van der Waals surface area contributed by atoms with E-state index in [1.54, 1.807) is 0 Å². The highest BCUT2D eigenvalue weighted by Gasteiger charge is 2.07. The molecule has 0 amide bonds. The lowest BCUT2D eigenvalue weighted by Crippen LogP contribution is -2.12. The molecule has 0 aliphatic heterocycles. The van der Waals surface area contributed by atoms with E-state index in [1.807, 2.05) is 31.2 Å². The molecule has 1 aromatic carbocycles. The van der Waals surface area contributed by atoms with Gasteiger partial charge in [-0.15, -0.1) is 12.4 Å². The third-order valence-corrected chi connectivity index (χ3v) is 2.17. The average molecular weight is 230 g/mol. The van der Waals surface area contributed by atoms with Gasteiger partial charge in [0.15, 0.2) is 0 Å². The molecule has 3 N–H and O–H groups in total. The van der Waals surface area contributed by atoms with Gasteiger partial charge in [-0.1, -0.05) is 29.8 Å². The number of aryl methyl sites for hydroxylation is 1. The number of hydrogen-bond acceptors (Lipinski definition) is 2. The first kappa shape index (κ1) is 13.9. The van der Waals surface area contributed by atoms with E-state index < -0.39 is 5.97 Å². The van der Waals surface area contributed by atoms with E-state index in [1.165, 1.54) is 5.56 Å². The van der Waals surface area contributed by atoms with Crippen LogP contribution in [-0.2, 0) is 4.79 Å². The van der Waals surface area contributed by atoms with E-state index >= 15 is 0 Å². The smallest absolute Gasteiger partial charge is 0.303 e. The van der Waals surface area contributed by atoms with Gasteiger partial charge in [-0.2, -0.15) is 0 Å². The van der Waals surface area contributed by atoms with Crippen molar-refractivity contribution in [1.29, 1.82) is 0 Å². The lowest BCUT2D eigenvalue weighted by atomic mass is 10.0. The number of rotatable bonds is 4. The maximum Gasteiger partial charge on any atom is 0.303 e. The van der Waals surface area contributed by atoms with Crippen LogP contribution in [0.3, 0.4) is 0 Å². The van der Waals surface area contributed by atoms with Gasteiger partial charge >= 0.3 is 5.97 Å². The van der Waals surface area contributed by atoms with Gasteiger partial charge in [0.2, 0.25) is 0 Å². The Balaban J connectivity index is 0.00000196. The van der Waals surface area contributed by atoms with Crippen molar-refractivity contribution in [3.63, 3.8) is 0 Å². The maximum absolute atomic E-state index is 10.3. The monoisotopic (exact) mass is 229 g/mol. The fourth-order valence-corrected chi connectivity index (χ4v) is 1.26. The molecule has 4 heteroatoms. The quantitative estimate of drug-likeness (QED) is 0.833. The Morgan fingerprint density at radius 2 is 1.93 bits per heavy atom. The molecule has 0 saturated heterocycles. The summed E-state index contributed by atoms with van der Waals surface area (Å²) in [6.07, 6.45) is 0.605. The van der Waals surface area contributed by atoms with Crippen LogP contribution in [0.25, 0.3) is 0 Å². The minimum atomic E-state index is -0.799. The molecule has 0 spiro atoms. The van der Waals surface area contributed by atoms with Crippen molar-refractivity contribution in [1.82, 2.24) is 0 Å². The van der Waals surface area contributed by atoms with Crippen molar-refractivity contribution in [2.45, 2.75) is 25.8 Å². The van der Waals surface area contributed by atoms with Crippen LogP contribution < -0.4 is 5.73 Å². The molecule has 1 rings (SSSR count). The van der Waals surface area contributed by atoms with Crippen molar-refractivity contribution in [2.24, 2.45) is 5.73 Å². The predicted molar refractivity (Wildman–Crippen MR) is 62.2 cm³/mol. The number of halogens is 1. The Hall–Kier alpha value is -1.06. The summed E-state index contributed by atoms with van der Waals surface area (Å²) in [7, 11) is 0. The van der Waals surface area contributed by atoms with E-state index in [4.69, 9.17) is 10.8 Å². The van der Waals surface area contributed by atoms with Crippen LogP contribution in [0.15, 0.2) is 24.3 Å². The van der Waals surface area contributed by atoms with Gasteiger partial charge < -0.3 is 10.8 Å². The van der Waals surface area contributed by atoms with Crippen LogP contribution >= 0.6 is 12.4 Å². The number of nitrogens with two attached hydrogens (primary N) is 1. The third-order valence-electron chi connectivity index (χ3n) is 2.17. The van der Waals surface area contributed by atoms with Gasteiger partial charge in [0.05, 0.1) is 0 Å². The molecule has 1 atom stereocenters. The second kappa shape index (κ2) is 6.43. The first-order valence-corrected chi connectivity index (χ1v) is 4.63. The fraction of sp³-hybridized carbons (Fsp3) is 0.364. The summed E-state index contributed by atoms with van der Waals surface area (Å²) in [5.41, 5.74) is 8.01. The fourth-order valence-electron chi connectivity index (χ4n) is 1.26. The van der Waals surface area contributed by atoms with Gasteiger partial charge in [0, 0.05) is 12.5 Å². The summed E-state index contributed by atoms with van der Waals surface area (Å²) in [6.45, 7) is 2.01. The van der Waals surface area contributed by atoms with Crippen LogP contribution in [0, 0.1) is 6.92 Å². The van der Waals surface area contributed by atoms with E-state index in [-0.39, 0.29) is 24.9 Å². The highest BCUT2D eigenvalue weighted by atomic mass is 35.5. The van der Waals surface area contributed by atoms with Crippen molar-refractivity contribution in [2.75, 3.05) is 0 Å². The zero-order chi connectivity index (χ0) is 10.6. The van der Waals surface area contributed by atoms with Crippen molar-refractivity contribution in [3.8, 4) is 0 Å². The molecule has 0 fully saturated rings. The van der Waals surface area contributed by atoms with Gasteiger partial charge in [0.25, 0.3) is 0 Å². The number of carbonyl (C=O) groups is 1. The average Bonchev–Trinajstić information content (AvgIpc) is 2.15. The molecular weight excluding hydrogens is 214 g/mol. The van der Waals surface area contributed by atoms with E-state index in [2.05, 4.69) is 0 Å². The Bertz CT molecular complexity index is 311. The van der Waals surface area contributed by atoms with Gasteiger partial charge in [0.1, 0.15) is 0 Å². The molecule has 0 bridgehead atoms. The van der Waals surface area contributed by atoms with Crippen LogP contribution in [-0.4, -0.2) is 11.1 Å². The van der Waals surface area contributed by atoms with Crippen molar-refractivity contribution >= 4 is 18.4 Å². The second-order valence-corrected chi connectivity index (χ2v) is 3.45. The van der Waals surface area contributed by atoms with E-state index in [0.717, 1.165) is 5.56 Å². The molecule has 1 unspecified atom stereocenters. The summed E-state index contributed by atoms with van der Waals surface area (Å²) in [4.78, 5) is 10.3. The summed E-state index contributed by atoms with van der Waals surface area (Å²) in [5.74, 6) is -0.799. The van der Waals surface area contributed by atoms with Crippen LogP contribution in [0.2, 0.25) is 0 Å². The van der Waals surface area contributed by atoms with E-state index in [0.29, 0.717) is 6.42 Å². The first-order valence-electron chi connectivity index (χ1n) is 4.63. The Morgan fingerprint density at radius 3 is 2.40 bits per heavy atom. The molecule has 0 heterocycles. The molecule has 3 nitrogen and oxygen atoms in total. The van der Waals surface area contributed by atoms with Crippen LogP contribution in [0.1, 0.15) is 30.0 Å². The molecule has 1 aromatic rings. The predicted octanol–water partition coefficient (Wildman–Crippen LogP) is 2.28. The molecule has 0 radical (unpaired) electrons. The number of hydrogen-bond donors (Lipinski definition) is 2. The maximum atomic E-state index is 10.3. The van der Waals surface area contributed by atoms with E-state index in [9.17, 15) is 4.79 Å². The number of benzene rings is 1. The van der Waals surface area contributed by atoms with Crippen molar-refractivity contribution < 1.29 is 9.90 Å². The lowest BCUT2D eigenvalue weighted by Gasteiger charge is -2.10. The Kier molecular flexibility index (Phi) is 5.97. The molecule has 0 aliphatic carbocycles. The molecule has 0 saturated carbocycles. The minimum absolute atomic E-state index is 0. The molecule has 15 heavy (non-hydrogen) atoms. The van der Waals surface area contributed by atoms with Gasteiger partial charge in [-0.25, -0.2) is 0 Å². The van der Waals surface area contributed by atoms with Gasteiger partial charge in [-0.05, 0) is 18.9 Å². The molecule has 0 aromatic heterocycles. The highest BCUT2D eigenvalue weighted by Crippen LogP contribution is 2.15. The van der Waals surface area contributed by atoms with Crippen LogP contribution in [0.4, 0.5) is 0 Å².